The fourth-order valence-corrected chi connectivity index (χ4v) is 1.76. The van der Waals surface area contributed by atoms with Crippen LogP contribution >= 0.6 is 0 Å². The van der Waals surface area contributed by atoms with Gasteiger partial charge in [0.25, 0.3) is 0 Å². The van der Waals surface area contributed by atoms with Crippen molar-refractivity contribution < 1.29 is 15.1 Å². The van der Waals surface area contributed by atoms with Crippen LogP contribution in [0, 0.1) is 0 Å². The number of hydrogen-bond donors (Lipinski definition) is 2. The summed E-state index contributed by atoms with van der Waals surface area (Å²) in [4.78, 5) is 10.6. The van der Waals surface area contributed by atoms with Crippen LogP contribution in [0.2, 0.25) is 0 Å². The molecule has 0 bridgehead atoms. The van der Waals surface area contributed by atoms with Crippen LogP contribution in [0.15, 0.2) is 12.4 Å². The second kappa shape index (κ2) is 4.00. The summed E-state index contributed by atoms with van der Waals surface area (Å²) in [7, 11) is 0. The molecule has 0 spiro atoms. The van der Waals surface area contributed by atoms with Gasteiger partial charge in [-0.1, -0.05) is 0 Å². The largest absolute Gasteiger partial charge is 0.478 e. The summed E-state index contributed by atoms with van der Waals surface area (Å²) in [6.07, 6.45) is 4.47. The molecule has 2 heterocycles. The molecule has 82 valence electrons. The molecule has 1 aromatic rings. The second-order valence-electron chi connectivity index (χ2n) is 3.70. The Hall–Kier alpha value is -1.40. The third-order valence-corrected chi connectivity index (χ3v) is 2.66. The van der Waals surface area contributed by atoms with Gasteiger partial charge in [-0.05, 0) is 12.8 Å². The summed E-state index contributed by atoms with van der Waals surface area (Å²) >= 11 is 0. The average molecular weight is 211 g/mol. The van der Waals surface area contributed by atoms with Gasteiger partial charge in [-0.2, -0.15) is 10.2 Å². The minimum atomic E-state index is -0.958. The summed E-state index contributed by atoms with van der Waals surface area (Å²) < 4.78 is 1.68. The van der Waals surface area contributed by atoms with Crippen molar-refractivity contribution in [3.05, 3.63) is 18.0 Å². The molecule has 15 heavy (non-hydrogen) atoms. The Kier molecular flexibility index (Phi) is 2.70. The minimum Gasteiger partial charge on any atom is -0.478 e. The van der Waals surface area contributed by atoms with Crippen LogP contribution < -0.4 is 0 Å². The molecule has 1 saturated heterocycles. The van der Waals surface area contributed by atoms with Crippen molar-refractivity contribution in [3.8, 4) is 0 Å². The van der Waals surface area contributed by atoms with Gasteiger partial charge in [-0.15, -0.1) is 0 Å². The Morgan fingerprint density at radius 1 is 1.47 bits per heavy atom. The molecule has 0 atom stereocenters. The molecule has 0 aromatic carbocycles. The molecule has 1 aliphatic rings. The van der Waals surface area contributed by atoms with Gasteiger partial charge >= 0.3 is 5.97 Å². The van der Waals surface area contributed by atoms with Crippen LogP contribution in [-0.2, 0) is 0 Å². The number of aromatic carboxylic acids is 1. The predicted octanol–water partition coefficient (Wildman–Crippen LogP) is 0.607. The number of rotatable bonds is 2. The van der Waals surface area contributed by atoms with E-state index in [0.717, 1.165) is 12.8 Å². The van der Waals surface area contributed by atoms with Gasteiger partial charge in [0.15, 0.2) is 0 Å². The van der Waals surface area contributed by atoms with Gasteiger partial charge < -0.3 is 10.3 Å². The first-order chi connectivity index (χ1) is 7.16. The number of carbonyl (C=O) groups is 1. The summed E-state index contributed by atoms with van der Waals surface area (Å²) in [5.74, 6) is -0.958. The SMILES string of the molecule is O=C(O)c1cnn(C2CCN(O)CC2)c1. The highest BCUT2D eigenvalue weighted by Gasteiger charge is 2.20. The molecule has 0 aliphatic carbocycles. The number of hydroxylamine groups is 2. The van der Waals surface area contributed by atoms with Crippen LogP contribution in [0.3, 0.4) is 0 Å². The topological polar surface area (TPSA) is 78.6 Å². The highest BCUT2D eigenvalue weighted by atomic mass is 16.5. The maximum atomic E-state index is 10.6. The van der Waals surface area contributed by atoms with Crippen LogP contribution in [0.4, 0.5) is 0 Å². The lowest BCUT2D eigenvalue weighted by molar-refractivity contribution is -0.111. The van der Waals surface area contributed by atoms with Gasteiger partial charge in [0.2, 0.25) is 0 Å². The van der Waals surface area contributed by atoms with Crippen molar-refractivity contribution in [2.24, 2.45) is 0 Å². The van der Waals surface area contributed by atoms with Crippen LogP contribution in [-0.4, -0.2) is 44.2 Å². The summed E-state index contributed by atoms with van der Waals surface area (Å²) in [5.41, 5.74) is 0.210. The zero-order valence-corrected chi connectivity index (χ0v) is 8.20. The molecular weight excluding hydrogens is 198 g/mol. The van der Waals surface area contributed by atoms with Crippen molar-refractivity contribution in [2.75, 3.05) is 13.1 Å². The number of hydrogen-bond acceptors (Lipinski definition) is 4. The molecule has 0 unspecified atom stereocenters. The first-order valence-corrected chi connectivity index (χ1v) is 4.88. The van der Waals surface area contributed by atoms with E-state index < -0.39 is 5.97 Å². The number of piperidine rings is 1. The highest BCUT2D eigenvalue weighted by Crippen LogP contribution is 2.20. The van der Waals surface area contributed by atoms with Crippen molar-refractivity contribution in [1.82, 2.24) is 14.8 Å². The molecular formula is C9H13N3O3. The lowest BCUT2D eigenvalue weighted by atomic mass is 10.1. The van der Waals surface area contributed by atoms with Gasteiger partial charge in [-0.3, -0.25) is 4.68 Å². The molecule has 2 N–H and O–H groups in total. The van der Waals surface area contributed by atoms with Gasteiger partial charge in [-0.25, -0.2) is 4.79 Å². The molecule has 1 fully saturated rings. The Balaban J connectivity index is 2.06. The first-order valence-electron chi connectivity index (χ1n) is 4.88. The maximum absolute atomic E-state index is 10.6. The standard InChI is InChI=1S/C9H13N3O3/c13-9(14)7-5-10-12(6-7)8-1-3-11(15)4-2-8/h5-6,8,15H,1-4H2,(H,13,14). The average Bonchev–Trinajstić information content (AvgIpc) is 2.68. The zero-order valence-electron chi connectivity index (χ0n) is 8.20. The van der Waals surface area contributed by atoms with Crippen LogP contribution in [0.1, 0.15) is 29.2 Å². The van der Waals surface area contributed by atoms with E-state index in [1.807, 2.05) is 0 Å². The van der Waals surface area contributed by atoms with Crippen molar-refractivity contribution in [3.63, 3.8) is 0 Å². The third kappa shape index (κ3) is 2.16. The fourth-order valence-electron chi connectivity index (χ4n) is 1.76. The lowest BCUT2D eigenvalue weighted by Gasteiger charge is -2.27. The minimum absolute atomic E-state index is 0.196. The Labute approximate surface area is 86.7 Å². The predicted molar refractivity (Wildman–Crippen MR) is 50.8 cm³/mol. The van der Waals surface area contributed by atoms with Gasteiger partial charge in [0.1, 0.15) is 0 Å². The quantitative estimate of drug-likeness (QED) is 0.749. The van der Waals surface area contributed by atoms with Crippen LogP contribution in [0.25, 0.3) is 0 Å². The molecule has 2 rings (SSSR count). The summed E-state index contributed by atoms with van der Waals surface area (Å²) in [6, 6.07) is 0.196. The Morgan fingerprint density at radius 3 is 2.67 bits per heavy atom. The van der Waals surface area contributed by atoms with E-state index in [2.05, 4.69) is 5.10 Å². The number of nitrogens with zero attached hydrogens (tertiary/aromatic N) is 3. The molecule has 6 heteroatoms. The van der Waals surface area contributed by atoms with E-state index in [-0.39, 0.29) is 11.6 Å². The smallest absolute Gasteiger partial charge is 0.338 e. The third-order valence-electron chi connectivity index (χ3n) is 2.66. The van der Waals surface area contributed by atoms with Crippen molar-refractivity contribution in [2.45, 2.75) is 18.9 Å². The van der Waals surface area contributed by atoms with E-state index in [1.165, 1.54) is 11.3 Å². The number of aromatic nitrogens is 2. The molecule has 6 nitrogen and oxygen atoms in total. The fraction of sp³-hybridized carbons (Fsp3) is 0.556. The molecule has 1 aromatic heterocycles. The van der Waals surface area contributed by atoms with Gasteiger partial charge in [0.05, 0.1) is 17.8 Å². The highest BCUT2D eigenvalue weighted by molar-refractivity contribution is 5.86. The van der Waals surface area contributed by atoms with Crippen molar-refractivity contribution >= 4 is 5.97 Å². The summed E-state index contributed by atoms with van der Waals surface area (Å²) in [5, 5.41) is 23.2. The first kappa shape index (κ1) is 10.1. The van der Waals surface area contributed by atoms with Gasteiger partial charge in [0, 0.05) is 19.3 Å². The number of carboxylic acid groups (broad SMARTS) is 1. The lowest BCUT2D eigenvalue weighted by Crippen LogP contribution is -2.32. The van der Waals surface area contributed by atoms with E-state index in [9.17, 15) is 10.0 Å². The van der Waals surface area contributed by atoms with Crippen molar-refractivity contribution in [1.29, 1.82) is 0 Å². The molecule has 0 saturated carbocycles. The maximum Gasteiger partial charge on any atom is 0.338 e. The van der Waals surface area contributed by atoms with E-state index in [1.54, 1.807) is 10.9 Å². The normalized spacial score (nSPS) is 19.3. The summed E-state index contributed by atoms with van der Waals surface area (Å²) in [6.45, 7) is 1.21. The van der Waals surface area contributed by atoms with E-state index >= 15 is 0 Å². The zero-order chi connectivity index (χ0) is 10.8. The number of carboxylic acids is 1. The molecule has 0 amide bonds. The second-order valence-corrected chi connectivity index (χ2v) is 3.70. The van der Waals surface area contributed by atoms with E-state index in [4.69, 9.17) is 5.11 Å². The molecule has 0 radical (unpaired) electrons. The molecule has 1 aliphatic heterocycles. The van der Waals surface area contributed by atoms with E-state index in [0.29, 0.717) is 13.1 Å². The Morgan fingerprint density at radius 2 is 2.13 bits per heavy atom. The van der Waals surface area contributed by atoms with Crippen LogP contribution in [0.5, 0.6) is 0 Å². The Bertz CT molecular complexity index is 355. The monoisotopic (exact) mass is 211 g/mol.